The number of ether oxygens (including phenoxy) is 1. The molecular weight excluding hydrogens is 456 g/mol. The minimum absolute atomic E-state index is 0.0230. The summed E-state index contributed by atoms with van der Waals surface area (Å²) in [6.07, 6.45) is -0.346. The number of β-amino-alcohol motifs (C(OH)–C–C–N with tert-alkyl or cyclic N) is 1. The van der Waals surface area contributed by atoms with Gasteiger partial charge in [0.2, 0.25) is 5.88 Å². The number of carbonyl (C=O) groups excluding carboxylic acids is 2. The van der Waals surface area contributed by atoms with E-state index in [9.17, 15) is 23.5 Å². The molecule has 0 spiro atoms. The van der Waals surface area contributed by atoms with Gasteiger partial charge in [0.25, 0.3) is 5.91 Å². The normalized spacial score (nSPS) is 12.3. The number of amides is 3. The zero-order valence-electron chi connectivity index (χ0n) is 18.9. The number of rotatable bonds is 10. The fourth-order valence-corrected chi connectivity index (χ4v) is 3.45. The third-order valence-corrected chi connectivity index (χ3v) is 5.15. The van der Waals surface area contributed by atoms with Crippen LogP contribution in [0.15, 0.2) is 12.1 Å². The first kappa shape index (κ1) is 26.4. The zero-order valence-corrected chi connectivity index (χ0v) is 19.7. The van der Waals surface area contributed by atoms with Crippen LogP contribution in [0, 0.1) is 18.6 Å². The van der Waals surface area contributed by atoms with Crippen LogP contribution in [0.5, 0.6) is 5.88 Å². The quantitative estimate of drug-likeness (QED) is 0.351. The summed E-state index contributed by atoms with van der Waals surface area (Å²) in [6, 6.07) is 1.68. The molecule has 1 heterocycles. The Labute approximate surface area is 194 Å². The number of urea groups is 1. The average molecular weight is 486 g/mol. The summed E-state index contributed by atoms with van der Waals surface area (Å²) < 4.78 is 37.3. The maximum absolute atomic E-state index is 14.0. The van der Waals surface area contributed by atoms with E-state index in [0.29, 0.717) is 18.5 Å². The van der Waals surface area contributed by atoms with Crippen LogP contribution in [0.25, 0.3) is 0 Å². The van der Waals surface area contributed by atoms with Crippen LogP contribution in [0.2, 0.25) is 0 Å². The summed E-state index contributed by atoms with van der Waals surface area (Å²) in [5.41, 5.74) is 5.12. The van der Waals surface area contributed by atoms with E-state index in [1.165, 1.54) is 0 Å². The number of nitrogens with one attached hydrogen (secondary N) is 3. The van der Waals surface area contributed by atoms with Crippen molar-refractivity contribution >= 4 is 28.5 Å². The number of hydrogen-bond acceptors (Lipinski definition) is 7. The standard InChI is InChI=1S/C21H29F2N5O4S/c1-11-7-14(22)13(15(23)8-11)10-32-18-16(17(24)30)19(33-28-18)27-20(31)25-6-5-12(29)9-26-21(2,3)4/h7-8,12,26,29H,5-6,9-10H2,1-4H3,(H2,24,30)(H2,25,27,31). The summed E-state index contributed by atoms with van der Waals surface area (Å²) in [6.45, 7) is 7.51. The first-order chi connectivity index (χ1) is 15.4. The van der Waals surface area contributed by atoms with E-state index in [4.69, 9.17) is 10.5 Å². The number of primary amides is 1. The molecule has 1 atom stereocenters. The van der Waals surface area contributed by atoms with E-state index >= 15 is 0 Å². The molecule has 12 heteroatoms. The van der Waals surface area contributed by atoms with Crippen molar-refractivity contribution in [3.63, 3.8) is 0 Å². The number of hydrogen-bond donors (Lipinski definition) is 5. The summed E-state index contributed by atoms with van der Waals surface area (Å²) in [7, 11) is 0. The lowest BCUT2D eigenvalue weighted by molar-refractivity contribution is 0.0996. The van der Waals surface area contributed by atoms with Crippen molar-refractivity contribution in [2.45, 2.75) is 52.4 Å². The van der Waals surface area contributed by atoms with E-state index < -0.39 is 36.3 Å². The second kappa shape index (κ2) is 11.3. The van der Waals surface area contributed by atoms with Gasteiger partial charge in [-0.05, 0) is 63.3 Å². The van der Waals surface area contributed by atoms with E-state index in [1.807, 2.05) is 20.8 Å². The summed E-state index contributed by atoms with van der Waals surface area (Å²) in [4.78, 5) is 24.0. The molecule has 1 aromatic heterocycles. The van der Waals surface area contributed by atoms with Gasteiger partial charge in [0.15, 0.2) is 0 Å². The maximum atomic E-state index is 14.0. The number of anilines is 1. The van der Waals surface area contributed by atoms with Gasteiger partial charge in [-0.2, -0.15) is 4.37 Å². The van der Waals surface area contributed by atoms with Crippen molar-refractivity contribution in [1.29, 1.82) is 0 Å². The molecular formula is C21H29F2N5O4S. The number of aryl methyl sites for hydroxylation is 1. The lowest BCUT2D eigenvalue weighted by Gasteiger charge is -2.22. The Morgan fingerprint density at radius 2 is 1.91 bits per heavy atom. The minimum Gasteiger partial charge on any atom is -0.471 e. The average Bonchev–Trinajstić information content (AvgIpc) is 3.07. The predicted molar refractivity (Wildman–Crippen MR) is 121 cm³/mol. The number of nitrogens with two attached hydrogens (primary N) is 1. The number of benzene rings is 1. The van der Waals surface area contributed by atoms with Crippen LogP contribution in [-0.4, -0.2) is 46.2 Å². The Hall–Kier alpha value is -2.83. The number of halogens is 2. The Kier molecular flexibility index (Phi) is 9.08. The molecule has 0 saturated heterocycles. The molecule has 0 aliphatic rings. The number of aliphatic hydroxyl groups excluding tert-OH is 1. The summed E-state index contributed by atoms with van der Waals surface area (Å²) in [5.74, 6) is -2.75. The highest BCUT2D eigenvalue weighted by molar-refractivity contribution is 7.11. The van der Waals surface area contributed by atoms with Crippen molar-refractivity contribution in [3.8, 4) is 5.88 Å². The van der Waals surface area contributed by atoms with Crippen LogP contribution in [0.3, 0.4) is 0 Å². The molecule has 33 heavy (non-hydrogen) atoms. The van der Waals surface area contributed by atoms with Gasteiger partial charge < -0.3 is 26.2 Å². The van der Waals surface area contributed by atoms with Crippen LogP contribution >= 0.6 is 11.5 Å². The van der Waals surface area contributed by atoms with E-state index in [-0.39, 0.29) is 34.1 Å². The highest BCUT2D eigenvalue weighted by Gasteiger charge is 2.23. The Morgan fingerprint density at radius 3 is 2.48 bits per heavy atom. The molecule has 3 amide bonds. The lowest BCUT2D eigenvalue weighted by Crippen LogP contribution is -2.42. The molecule has 0 bridgehead atoms. The van der Waals surface area contributed by atoms with E-state index in [1.54, 1.807) is 6.92 Å². The van der Waals surface area contributed by atoms with Crippen molar-refractivity contribution < 1.29 is 28.2 Å². The van der Waals surface area contributed by atoms with Crippen LogP contribution in [0.4, 0.5) is 18.6 Å². The highest BCUT2D eigenvalue weighted by atomic mass is 32.1. The van der Waals surface area contributed by atoms with Gasteiger partial charge in [0.1, 0.15) is 28.8 Å². The molecule has 182 valence electrons. The Morgan fingerprint density at radius 1 is 1.27 bits per heavy atom. The first-order valence-corrected chi connectivity index (χ1v) is 11.0. The summed E-state index contributed by atoms with van der Waals surface area (Å²) >= 11 is 0.735. The van der Waals surface area contributed by atoms with Gasteiger partial charge in [-0.1, -0.05) is 0 Å². The number of aromatic nitrogens is 1. The molecule has 0 aliphatic heterocycles. The monoisotopic (exact) mass is 485 g/mol. The van der Waals surface area contributed by atoms with Gasteiger partial charge in [0, 0.05) is 18.6 Å². The molecule has 2 aromatic rings. The zero-order chi connectivity index (χ0) is 24.8. The fraction of sp³-hybridized carbons (Fsp3) is 0.476. The Balaban J connectivity index is 1.95. The fourth-order valence-electron chi connectivity index (χ4n) is 2.71. The van der Waals surface area contributed by atoms with Gasteiger partial charge in [-0.25, -0.2) is 13.6 Å². The third-order valence-electron chi connectivity index (χ3n) is 4.40. The topological polar surface area (TPSA) is 139 Å². The van der Waals surface area contributed by atoms with Crippen LogP contribution < -0.4 is 26.4 Å². The molecule has 0 radical (unpaired) electrons. The van der Waals surface area contributed by atoms with Gasteiger partial charge in [-0.15, -0.1) is 0 Å². The number of aliphatic hydroxyl groups is 1. The molecule has 0 aliphatic carbocycles. The highest BCUT2D eigenvalue weighted by Crippen LogP contribution is 2.31. The molecule has 9 nitrogen and oxygen atoms in total. The van der Waals surface area contributed by atoms with Gasteiger partial charge >= 0.3 is 6.03 Å². The first-order valence-electron chi connectivity index (χ1n) is 10.2. The van der Waals surface area contributed by atoms with E-state index in [0.717, 1.165) is 23.7 Å². The number of carbonyl (C=O) groups is 2. The van der Waals surface area contributed by atoms with Crippen LogP contribution in [-0.2, 0) is 6.61 Å². The minimum atomic E-state index is -0.928. The van der Waals surface area contributed by atoms with Crippen molar-refractivity contribution in [2.75, 3.05) is 18.4 Å². The van der Waals surface area contributed by atoms with Crippen molar-refractivity contribution in [1.82, 2.24) is 15.0 Å². The van der Waals surface area contributed by atoms with Gasteiger partial charge in [-0.3, -0.25) is 10.1 Å². The molecule has 2 rings (SSSR count). The predicted octanol–water partition coefficient (Wildman–Crippen LogP) is 2.67. The lowest BCUT2D eigenvalue weighted by atomic mass is 10.1. The van der Waals surface area contributed by atoms with Crippen molar-refractivity contribution in [2.24, 2.45) is 5.73 Å². The van der Waals surface area contributed by atoms with Crippen molar-refractivity contribution in [3.05, 3.63) is 40.5 Å². The largest absolute Gasteiger partial charge is 0.471 e. The molecule has 6 N–H and O–H groups in total. The molecule has 0 saturated carbocycles. The molecule has 1 aromatic carbocycles. The summed E-state index contributed by atoms with van der Waals surface area (Å²) in [5, 5.41) is 18.2. The van der Waals surface area contributed by atoms with Crippen LogP contribution in [0.1, 0.15) is 48.7 Å². The van der Waals surface area contributed by atoms with E-state index in [2.05, 4.69) is 20.3 Å². The SMILES string of the molecule is Cc1cc(F)c(COc2nsc(NC(=O)NCCC(O)CNC(C)(C)C)c2C(N)=O)c(F)c1. The maximum Gasteiger partial charge on any atom is 0.319 e. The molecule has 1 unspecified atom stereocenters. The number of nitrogens with zero attached hydrogens (tertiary/aromatic N) is 1. The molecule has 0 fully saturated rings. The second-order valence-corrected chi connectivity index (χ2v) is 9.28. The third kappa shape index (κ3) is 8.22. The smallest absolute Gasteiger partial charge is 0.319 e. The van der Waals surface area contributed by atoms with Gasteiger partial charge in [0.05, 0.1) is 11.7 Å². The second-order valence-electron chi connectivity index (χ2n) is 8.51. The Bertz CT molecular complexity index is 971.